The second kappa shape index (κ2) is 6.36. The molecule has 0 fully saturated rings. The maximum Gasteiger partial charge on any atom is 0.145 e. The van der Waals surface area contributed by atoms with Crippen molar-refractivity contribution in [1.82, 2.24) is 15.0 Å². The van der Waals surface area contributed by atoms with Crippen molar-refractivity contribution in [2.24, 2.45) is 0 Å². The van der Waals surface area contributed by atoms with Crippen molar-refractivity contribution in [3.63, 3.8) is 0 Å². The van der Waals surface area contributed by atoms with Gasteiger partial charge in [-0.3, -0.25) is 0 Å². The van der Waals surface area contributed by atoms with Gasteiger partial charge < -0.3 is 5.32 Å². The van der Waals surface area contributed by atoms with Crippen LogP contribution >= 0.6 is 0 Å². The molecule has 0 aliphatic carbocycles. The Morgan fingerprint density at radius 3 is 2.76 bits per heavy atom. The lowest BCUT2D eigenvalue weighted by molar-refractivity contribution is 0.794. The number of hydrogen-bond donors (Lipinski definition) is 1. The molecule has 6 nitrogen and oxygen atoms in total. The Bertz CT molecular complexity index is 741. The Balaban J connectivity index is 2.32. The van der Waals surface area contributed by atoms with Crippen LogP contribution in [0.1, 0.15) is 18.2 Å². The summed E-state index contributed by atoms with van der Waals surface area (Å²) in [5.74, 6) is 0. The number of aromatic nitrogens is 3. The SMILES string of the molecule is CCc1cn(-c2cc(NC=C(C#N)C#N)ccc2C)nn1. The number of benzene rings is 1. The highest BCUT2D eigenvalue weighted by Crippen LogP contribution is 2.19. The molecule has 6 heteroatoms. The molecule has 0 aliphatic rings. The van der Waals surface area contributed by atoms with E-state index < -0.39 is 0 Å². The highest BCUT2D eigenvalue weighted by Gasteiger charge is 2.05. The van der Waals surface area contributed by atoms with E-state index in [1.165, 1.54) is 6.20 Å². The van der Waals surface area contributed by atoms with E-state index in [-0.39, 0.29) is 5.57 Å². The summed E-state index contributed by atoms with van der Waals surface area (Å²) >= 11 is 0. The number of rotatable bonds is 4. The first-order chi connectivity index (χ1) is 10.2. The molecule has 1 aromatic carbocycles. The molecule has 0 spiro atoms. The molecule has 0 aliphatic heterocycles. The van der Waals surface area contributed by atoms with Crippen molar-refractivity contribution < 1.29 is 0 Å². The van der Waals surface area contributed by atoms with Gasteiger partial charge in [0.25, 0.3) is 0 Å². The third-order valence-corrected chi connectivity index (χ3v) is 2.98. The molecule has 1 aromatic heterocycles. The first-order valence-corrected chi connectivity index (χ1v) is 6.47. The van der Waals surface area contributed by atoms with Crippen molar-refractivity contribution in [1.29, 1.82) is 10.5 Å². The Hall–Kier alpha value is -3.12. The summed E-state index contributed by atoms with van der Waals surface area (Å²) < 4.78 is 1.72. The van der Waals surface area contributed by atoms with E-state index >= 15 is 0 Å². The second-order valence-electron chi connectivity index (χ2n) is 4.44. The van der Waals surface area contributed by atoms with E-state index in [1.54, 1.807) is 16.8 Å². The standard InChI is InChI=1S/C15H14N6/c1-3-13-10-21(20-19-13)15-6-14(5-4-11(15)2)18-9-12(7-16)8-17/h4-6,9-10,18H,3H2,1-2H3. The lowest BCUT2D eigenvalue weighted by Gasteiger charge is -2.08. The summed E-state index contributed by atoms with van der Waals surface area (Å²) in [5, 5.41) is 28.5. The molecular weight excluding hydrogens is 264 g/mol. The first-order valence-electron chi connectivity index (χ1n) is 6.47. The highest BCUT2D eigenvalue weighted by atomic mass is 15.4. The monoisotopic (exact) mass is 278 g/mol. The average Bonchev–Trinajstić information content (AvgIpc) is 2.98. The molecule has 0 unspecified atom stereocenters. The van der Waals surface area contributed by atoms with Gasteiger partial charge in [-0.15, -0.1) is 5.10 Å². The topological polar surface area (TPSA) is 90.3 Å². The van der Waals surface area contributed by atoms with E-state index in [1.807, 2.05) is 38.2 Å². The minimum Gasteiger partial charge on any atom is -0.360 e. The van der Waals surface area contributed by atoms with Gasteiger partial charge in [0.15, 0.2) is 0 Å². The van der Waals surface area contributed by atoms with Gasteiger partial charge in [-0.25, -0.2) is 4.68 Å². The molecule has 0 radical (unpaired) electrons. The number of nitrogens with zero attached hydrogens (tertiary/aromatic N) is 5. The Morgan fingerprint density at radius 1 is 1.38 bits per heavy atom. The molecule has 2 aromatic rings. The highest BCUT2D eigenvalue weighted by molar-refractivity contribution is 5.57. The number of hydrogen-bond acceptors (Lipinski definition) is 5. The second-order valence-corrected chi connectivity index (χ2v) is 4.44. The number of anilines is 1. The van der Waals surface area contributed by atoms with Crippen LogP contribution in [-0.4, -0.2) is 15.0 Å². The van der Waals surface area contributed by atoms with Crippen LogP contribution in [0.25, 0.3) is 5.69 Å². The fourth-order valence-electron chi connectivity index (χ4n) is 1.77. The van der Waals surface area contributed by atoms with Gasteiger partial charge in [-0.1, -0.05) is 18.2 Å². The van der Waals surface area contributed by atoms with Gasteiger partial charge >= 0.3 is 0 Å². The third kappa shape index (κ3) is 3.26. The quantitative estimate of drug-likeness (QED) is 0.867. The van der Waals surface area contributed by atoms with E-state index in [9.17, 15) is 0 Å². The first kappa shape index (κ1) is 14.3. The van der Waals surface area contributed by atoms with Crippen molar-refractivity contribution in [3.05, 3.63) is 47.4 Å². The number of aryl methyl sites for hydroxylation is 2. The van der Waals surface area contributed by atoms with Crippen LogP contribution < -0.4 is 5.32 Å². The third-order valence-electron chi connectivity index (χ3n) is 2.98. The zero-order valence-corrected chi connectivity index (χ0v) is 11.8. The van der Waals surface area contributed by atoms with Crippen molar-refractivity contribution >= 4 is 5.69 Å². The molecule has 1 heterocycles. The fraction of sp³-hybridized carbons (Fsp3) is 0.200. The molecule has 0 bridgehead atoms. The minimum absolute atomic E-state index is 0.0196. The normalized spacial score (nSPS) is 9.52. The number of allylic oxidation sites excluding steroid dienone is 1. The van der Waals surface area contributed by atoms with Crippen LogP contribution in [0.3, 0.4) is 0 Å². The maximum absolute atomic E-state index is 8.71. The smallest absolute Gasteiger partial charge is 0.145 e. The van der Waals surface area contributed by atoms with Crippen molar-refractivity contribution in [2.45, 2.75) is 20.3 Å². The summed E-state index contributed by atoms with van der Waals surface area (Å²) in [7, 11) is 0. The van der Waals surface area contributed by atoms with Crippen LogP contribution in [0.4, 0.5) is 5.69 Å². The Labute approximate surface area is 122 Å². The van der Waals surface area contributed by atoms with Gasteiger partial charge in [0, 0.05) is 11.9 Å². The van der Waals surface area contributed by atoms with Crippen LogP contribution in [0.15, 0.2) is 36.2 Å². The van der Waals surface area contributed by atoms with Crippen LogP contribution in [0, 0.1) is 29.6 Å². The van der Waals surface area contributed by atoms with E-state index in [0.29, 0.717) is 0 Å². The zero-order valence-electron chi connectivity index (χ0n) is 11.8. The molecule has 0 amide bonds. The Morgan fingerprint density at radius 2 is 2.14 bits per heavy atom. The van der Waals surface area contributed by atoms with Gasteiger partial charge in [-0.05, 0) is 31.0 Å². The molecular formula is C15H14N6. The van der Waals surface area contributed by atoms with Crippen LogP contribution in [-0.2, 0) is 6.42 Å². The van der Waals surface area contributed by atoms with Crippen LogP contribution in [0.5, 0.6) is 0 Å². The van der Waals surface area contributed by atoms with Gasteiger partial charge in [0.2, 0.25) is 0 Å². The predicted octanol–water partition coefficient (Wildman–Crippen LogP) is 2.48. The van der Waals surface area contributed by atoms with Gasteiger partial charge in [-0.2, -0.15) is 10.5 Å². The van der Waals surface area contributed by atoms with Crippen LogP contribution in [0.2, 0.25) is 0 Å². The number of nitriles is 2. The van der Waals surface area contributed by atoms with E-state index in [4.69, 9.17) is 10.5 Å². The fourth-order valence-corrected chi connectivity index (χ4v) is 1.77. The summed E-state index contributed by atoms with van der Waals surface area (Å²) in [6, 6.07) is 9.31. The molecule has 21 heavy (non-hydrogen) atoms. The molecule has 1 N–H and O–H groups in total. The largest absolute Gasteiger partial charge is 0.360 e. The van der Waals surface area contributed by atoms with E-state index in [2.05, 4.69) is 15.6 Å². The lowest BCUT2D eigenvalue weighted by atomic mass is 10.2. The van der Waals surface area contributed by atoms with E-state index in [0.717, 1.165) is 29.1 Å². The summed E-state index contributed by atoms with van der Waals surface area (Å²) in [6.45, 7) is 4.01. The summed E-state index contributed by atoms with van der Waals surface area (Å²) in [4.78, 5) is 0. The molecule has 104 valence electrons. The van der Waals surface area contributed by atoms with Gasteiger partial charge in [0.05, 0.1) is 17.6 Å². The minimum atomic E-state index is 0.0196. The van der Waals surface area contributed by atoms with Crippen molar-refractivity contribution in [3.8, 4) is 17.8 Å². The molecule has 0 saturated heterocycles. The summed E-state index contributed by atoms with van der Waals surface area (Å²) in [6.07, 6.45) is 4.10. The predicted molar refractivity (Wildman–Crippen MR) is 78.4 cm³/mol. The zero-order chi connectivity index (χ0) is 15.2. The Kier molecular flexibility index (Phi) is 4.33. The van der Waals surface area contributed by atoms with Gasteiger partial charge in [0.1, 0.15) is 17.7 Å². The number of nitrogens with one attached hydrogen (secondary N) is 1. The molecule has 0 atom stereocenters. The van der Waals surface area contributed by atoms with Crippen molar-refractivity contribution in [2.75, 3.05) is 5.32 Å². The molecule has 2 rings (SSSR count). The summed E-state index contributed by atoms with van der Waals surface area (Å²) in [5.41, 5.74) is 3.66. The lowest BCUT2D eigenvalue weighted by Crippen LogP contribution is -2.00. The molecule has 0 saturated carbocycles. The maximum atomic E-state index is 8.71. The average molecular weight is 278 g/mol.